The predicted molar refractivity (Wildman–Crippen MR) is 65.9 cm³/mol. The Labute approximate surface area is 102 Å². The summed E-state index contributed by atoms with van der Waals surface area (Å²) in [6.45, 7) is 4.98. The van der Waals surface area contributed by atoms with E-state index in [1.165, 1.54) is 6.42 Å². The molecular formula is C11H22N4O2. The van der Waals surface area contributed by atoms with E-state index in [-0.39, 0.29) is 18.2 Å². The monoisotopic (exact) mass is 242 g/mol. The van der Waals surface area contributed by atoms with Crippen molar-refractivity contribution < 1.29 is 10.0 Å². The van der Waals surface area contributed by atoms with Crippen LogP contribution in [-0.4, -0.2) is 59.5 Å². The number of nitrogens with two attached hydrogens (primary N) is 1. The van der Waals surface area contributed by atoms with Gasteiger partial charge in [-0.15, -0.1) is 0 Å². The van der Waals surface area contributed by atoms with Gasteiger partial charge in [-0.25, -0.2) is 0 Å². The zero-order chi connectivity index (χ0) is 12.8. The van der Waals surface area contributed by atoms with Crippen molar-refractivity contribution in [2.45, 2.75) is 32.2 Å². The minimum Gasteiger partial charge on any atom is -0.409 e. The molecule has 6 nitrogen and oxygen atoms in total. The number of likely N-dealkylation sites (tertiary alicyclic amines) is 1. The minimum absolute atomic E-state index is 0.0220. The molecule has 1 aliphatic heterocycles. The number of carbonyl (C=O) groups excluding carboxylic acids is 1. The fourth-order valence-electron chi connectivity index (χ4n) is 2.26. The molecule has 1 rings (SSSR count). The third-order valence-corrected chi connectivity index (χ3v) is 3.28. The zero-order valence-electron chi connectivity index (χ0n) is 10.6. The highest BCUT2D eigenvalue weighted by molar-refractivity contribution is 5.98. The second-order valence-corrected chi connectivity index (χ2v) is 4.47. The van der Waals surface area contributed by atoms with Gasteiger partial charge in [-0.2, -0.15) is 0 Å². The molecule has 3 N–H and O–H groups in total. The maximum atomic E-state index is 11.7. The molecule has 98 valence electrons. The molecule has 17 heavy (non-hydrogen) atoms. The number of rotatable bonds is 5. The lowest BCUT2D eigenvalue weighted by Crippen LogP contribution is -2.42. The Morgan fingerprint density at radius 3 is 2.94 bits per heavy atom. The Bertz CT molecular complexity index is 293. The fraction of sp³-hybridized carbons (Fsp3) is 0.818. The van der Waals surface area contributed by atoms with Crippen LogP contribution in [0.3, 0.4) is 0 Å². The molecule has 0 aromatic heterocycles. The van der Waals surface area contributed by atoms with Gasteiger partial charge in [-0.3, -0.25) is 9.69 Å². The average Bonchev–Trinajstić information content (AvgIpc) is 2.75. The summed E-state index contributed by atoms with van der Waals surface area (Å²) in [4.78, 5) is 15.8. The van der Waals surface area contributed by atoms with Gasteiger partial charge in [0.1, 0.15) is 5.84 Å². The highest BCUT2D eigenvalue weighted by atomic mass is 16.4. The molecule has 6 heteroatoms. The van der Waals surface area contributed by atoms with Crippen molar-refractivity contribution in [3.63, 3.8) is 0 Å². The maximum Gasteiger partial charge on any atom is 0.230 e. The highest BCUT2D eigenvalue weighted by Crippen LogP contribution is 2.17. The quantitative estimate of drug-likeness (QED) is 0.309. The first-order chi connectivity index (χ1) is 8.08. The van der Waals surface area contributed by atoms with Crippen LogP contribution in [0, 0.1) is 0 Å². The Balaban J connectivity index is 2.42. The van der Waals surface area contributed by atoms with Crippen LogP contribution in [0.2, 0.25) is 0 Å². The number of amides is 1. The number of oxime groups is 1. The van der Waals surface area contributed by atoms with Crippen LogP contribution in [0.15, 0.2) is 5.16 Å². The number of carbonyl (C=O) groups is 1. The molecule has 1 saturated heterocycles. The van der Waals surface area contributed by atoms with Crippen LogP contribution in [0.1, 0.15) is 26.2 Å². The molecule has 0 bridgehead atoms. The van der Waals surface area contributed by atoms with Crippen molar-refractivity contribution in [3.05, 3.63) is 0 Å². The Hall–Kier alpha value is -1.30. The van der Waals surface area contributed by atoms with Gasteiger partial charge in [0.05, 0.1) is 6.42 Å². The lowest BCUT2D eigenvalue weighted by molar-refractivity contribution is -0.129. The van der Waals surface area contributed by atoms with E-state index in [2.05, 4.69) is 17.0 Å². The summed E-state index contributed by atoms with van der Waals surface area (Å²) in [6, 6.07) is 0.446. The SMILES string of the molecule is CCN1CCCC1CN(C)C(=O)CC(N)=NO. The molecule has 0 aromatic carbocycles. The lowest BCUT2D eigenvalue weighted by atomic mass is 10.2. The standard InChI is InChI=1S/C11H22N4O2/c1-3-15-6-4-5-9(15)8-14(2)11(16)7-10(12)13-17/h9,17H,3-8H2,1-2H3,(H2,12,13). The van der Waals surface area contributed by atoms with E-state index in [1.807, 2.05) is 0 Å². The Morgan fingerprint density at radius 1 is 1.65 bits per heavy atom. The second-order valence-electron chi connectivity index (χ2n) is 4.47. The molecule has 1 heterocycles. The number of hydrogen-bond donors (Lipinski definition) is 2. The molecule has 1 unspecified atom stereocenters. The second kappa shape index (κ2) is 6.44. The Morgan fingerprint density at radius 2 is 2.35 bits per heavy atom. The lowest BCUT2D eigenvalue weighted by Gasteiger charge is -2.27. The molecular weight excluding hydrogens is 220 g/mol. The van der Waals surface area contributed by atoms with Crippen LogP contribution in [-0.2, 0) is 4.79 Å². The molecule has 1 fully saturated rings. The smallest absolute Gasteiger partial charge is 0.230 e. The summed E-state index contributed by atoms with van der Waals surface area (Å²) in [6.07, 6.45) is 2.31. The summed E-state index contributed by atoms with van der Waals surface area (Å²) in [5.41, 5.74) is 5.32. The molecule has 1 amide bonds. The topological polar surface area (TPSA) is 82.2 Å². The predicted octanol–water partition coefficient (Wildman–Crippen LogP) is 0.0656. The summed E-state index contributed by atoms with van der Waals surface area (Å²) < 4.78 is 0. The molecule has 0 aliphatic carbocycles. The summed E-state index contributed by atoms with van der Waals surface area (Å²) in [5.74, 6) is -0.149. The Kier molecular flexibility index (Phi) is 5.21. The van der Waals surface area contributed by atoms with Crippen LogP contribution in [0.4, 0.5) is 0 Å². The number of nitrogens with zero attached hydrogens (tertiary/aromatic N) is 3. The van der Waals surface area contributed by atoms with Gasteiger partial charge < -0.3 is 15.8 Å². The number of hydrogen-bond acceptors (Lipinski definition) is 4. The summed E-state index contributed by atoms with van der Waals surface area (Å²) >= 11 is 0. The molecule has 0 radical (unpaired) electrons. The summed E-state index contributed by atoms with van der Waals surface area (Å²) in [5, 5.41) is 11.2. The number of likely N-dealkylation sites (N-methyl/N-ethyl adjacent to an activating group) is 2. The van der Waals surface area contributed by atoms with Crippen LogP contribution in [0.25, 0.3) is 0 Å². The third kappa shape index (κ3) is 3.89. The van der Waals surface area contributed by atoms with Gasteiger partial charge in [0.2, 0.25) is 5.91 Å². The molecule has 0 saturated carbocycles. The van der Waals surface area contributed by atoms with Crippen molar-refractivity contribution in [1.82, 2.24) is 9.80 Å². The van der Waals surface area contributed by atoms with Crippen molar-refractivity contribution in [1.29, 1.82) is 0 Å². The summed E-state index contributed by atoms with van der Waals surface area (Å²) in [7, 11) is 1.76. The van der Waals surface area contributed by atoms with Crippen LogP contribution >= 0.6 is 0 Å². The molecule has 1 aliphatic rings. The van der Waals surface area contributed by atoms with Gasteiger partial charge in [0.25, 0.3) is 0 Å². The normalized spacial score (nSPS) is 21.8. The van der Waals surface area contributed by atoms with E-state index in [4.69, 9.17) is 10.9 Å². The first kappa shape index (κ1) is 13.8. The van der Waals surface area contributed by atoms with E-state index < -0.39 is 0 Å². The molecule has 1 atom stereocenters. The van der Waals surface area contributed by atoms with Crippen LogP contribution in [0.5, 0.6) is 0 Å². The molecule has 0 aromatic rings. The van der Waals surface area contributed by atoms with Crippen LogP contribution < -0.4 is 5.73 Å². The van der Waals surface area contributed by atoms with Gasteiger partial charge in [-0.1, -0.05) is 12.1 Å². The van der Waals surface area contributed by atoms with E-state index in [9.17, 15) is 4.79 Å². The van der Waals surface area contributed by atoms with E-state index >= 15 is 0 Å². The zero-order valence-corrected chi connectivity index (χ0v) is 10.6. The molecule has 0 spiro atoms. The van der Waals surface area contributed by atoms with Gasteiger partial charge >= 0.3 is 0 Å². The largest absolute Gasteiger partial charge is 0.409 e. The van der Waals surface area contributed by atoms with Crippen molar-refractivity contribution >= 4 is 11.7 Å². The first-order valence-corrected chi connectivity index (χ1v) is 6.02. The van der Waals surface area contributed by atoms with Crippen molar-refractivity contribution in [3.8, 4) is 0 Å². The van der Waals surface area contributed by atoms with Crippen molar-refractivity contribution in [2.75, 3.05) is 26.7 Å². The first-order valence-electron chi connectivity index (χ1n) is 6.02. The maximum absolute atomic E-state index is 11.7. The minimum atomic E-state index is -0.108. The van der Waals surface area contributed by atoms with Gasteiger partial charge in [0, 0.05) is 19.6 Å². The van der Waals surface area contributed by atoms with E-state index in [0.29, 0.717) is 12.6 Å². The van der Waals surface area contributed by atoms with E-state index in [1.54, 1.807) is 11.9 Å². The average molecular weight is 242 g/mol. The highest BCUT2D eigenvalue weighted by Gasteiger charge is 2.25. The van der Waals surface area contributed by atoms with Gasteiger partial charge in [-0.05, 0) is 25.9 Å². The number of amidine groups is 1. The van der Waals surface area contributed by atoms with Crippen molar-refractivity contribution in [2.24, 2.45) is 10.9 Å². The third-order valence-electron chi connectivity index (χ3n) is 3.28. The fourth-order valence-corrected chi connectivity index (χ4v) is 2.26. The van der Waals surface area contributed by atoms with Gasteiger partial charge in [0.15, 0.2) is 0 Å². The van der Waals surface area contributed by atoms with E-state index in [0.717, 1.165) is 19.5 Å².